The summed E-state index contributed by atoms with van der Waals surface area (Å²) in [5, 5.41) is 3.46. The van der Waals surface area contributed by atoms with Crippen LogP contribution in [0.15, 0.2) is 0 Å². The molecule has 0 bridgehead atoms. The topological polar surface area (TPSA) is 52.7 Å². The zero-order valence-corrected chi connectivity index (χ0v) is 13.8. The third-order valence-electron chi connectivity index (χ3n) is 4.26. The Bertz CT molecular complexity index is 403. The number of carbonyl (C=O) groups is 2. The highest BCUT2D eigenvalue weighted by atomic mass is 16.2. The Morgan fingerprint density at radius 1 is 1.29 bits per heavy atom. The van der Waals surface area contributed by atoms with E-state index in [4.69, 9.17) is 0 Å². The summed E-state index contributed by atoms with van der Waals surface area (Å²) in [6, 6.07) is -0.192. The van der Waals surface area contributed by atoms with Crippen LogP contribution >= 0.6 is 0 Å². The summed E-state index contributed by atoms with van der Waals surface area (Å²) in [7, 11) is 0. The SMILES string of the molecule is CC(CNC(C)(C)C)CN1CC(=O)N2CCCCC2C1=O. The van der Waals surface area contributed by atoms with Crippen LogP contribution in [-0.4, -0.2) is 59.4 Å². The van der Waals surface area contributed by atoms with E-state index in [2.05, 4.69) is 33.0 Å². The molecule has 0 aromatic heterocycles. The van der Waals surface area contributed by atoms with E-state index in [9.17, 15) is 9.59 Å². The molecule has 5 heteroatoms. The van der Waals surface area contributed by atoms with Gasteiger partial charge in [-0.1, -0.05) is 6.92 Å². The third kappa shape index (κ3) is 4.19. The van der Waals surface area contributed by atoms with Gasteiger partial charge in [-0.25, -0.2) is 0 Å². The minimum Gasteiger partial charge on any atom is -0.331 e. The average molecular weight is 295 g/mol. The maximum absolute atomic E-state index is 12.6. The molecule has 0 saturated carbocycles. The van der Waals surface area contributed by atoms with Crippen molar-refractivity contribution in [1.29, 1.82) is 0 Å². The first-order chi connectivity index (χ1) is 9.78. The number of nitrogens with zero attached hydrogens (tertiary/aromatic N) is 2. The van der Waals surface area contributed by atoms with Gasteiger partial charge in [-0.3, -0.25) is 9.59 Å². The smallest absolute Gasteiger partial charge is 0.245 e. The Labute approximate surface area is 128 Å². The average Bonchev–Trinajstić information content (AvgIpc) is 2.42. The van der Waals surface area contributed by atoms with Gasteiger partial charge in [-0.15, -0.1) is 0 Å². The molecular formula is C16H29N3O2. The minimum atomic E-state index is -0.192. The third-order valence-corrected chi connectivity index (χ3v) is 4.26. The lowest BCUT2D eigenvalue weighted by atomic mass is 9.97. The number of nitrogens with one attached hydrogen (secondary N) is 1. The van der Waals surface area contributed by atoms with Crippen LogP contribution < -0.4 is 5.32 Å². The van der Waals surface area contributed by atoms with Gasteiger partial charge < -0.3 is 15.1 Å². The van der Waals surface area contributed by atoms with Gasteiger partial charge in [0.15, 0.2) is 0 Å². The first kappa shape index (κ1) is 16.3. The van der Waals surface area contributed by atoms with Gasteiger partial charge in [0.1, 0.15) is 6.04 Å². The van der Waals surface area contributed by atoms with Crippen LogP contribution in [0.5, 0.6) is 0 Å². The lowest BCUT2D eigenvalue weighted by Gasteiger charge is -2.43. The van der Waals surface area contributed by atoms with Crippen LogP contribution in [0.3, 0.4) is 0 Å². The molecule has 2 aliphatic rings. The van der Waals surface area contributed by atoms with Crippen molar-refractivity contribution in [2.24, 2.45) is 5.92 Å². The molecule has 2 saturated heterocycles. The molecule has 2 aliphatic heterocycles. The van der Waals surface area contributed by atoms with Gasteiger partial charge in [0.05, 0.1) is 6.54 Å². The van der Waals surface area contributed by atoms with Crippen molar-refractivity contribution in [2.45, 2.75) is 58.5 Å². The highest BCUT2D eigenvalue weighted by Gasteiger charge is 2.40. The Morgan fingerprint density at radius 3 is 2.67 bits per heavy atom. The standard InChI is InChI=1S/C16H29N3O2/c1-12(9-17-16(2,3)4)10-18-11-14(20)19-8-6-5-7-13(19)15(18)21/h12-13,17H,5-11H2,1-4H3. The van der Waals surface area contributed by atoms with E-state index in [1.165, 1.54) is 0 Å². The molecule has 2 amide bonds. The van der Waals surface area contributed by atoms with Gasteiger partial charge >= 0.3 is 0 Å². The van der Waals surface area contributed by atoms with Crippen molar-refractivity contribution < 1.29 is 9.59 Å². The maximum Gasteiger partial charge on any atom is 0.245 e. The first-order valence-electron chi connectivity index (χ1n) is 8.11. The second-order valence-corrected chi connectivity index (χ2v) is 7.55. The van der Waals surface area contributed by atoms with Gasteiger partial charge in [0, 0.05) is 18.6 Å². The van der Waals surface area contributed by atoms with Crippen LogP contribution in [-0.2, 0) is 9.59 Å². The molecule has 5 nitrogen and oxygen atoms in total. The Hall–Kier alpha value is -1.10. The molecule has 2 unspecified atom stereocenters. The highest BCUT2D eigenvalue weighted by molar-refractivity contribution is 5.95. The van der Waals surface area contributed by atoms with Crippen molar-refractivity contribution in [2.75, 3.05) is 26.2 Å². The van der Waals surface area contributed by atoms with Gasteiger partial charge in [0.25, 0.3) is 0 Å². The predicted molar refractivity (Wildman–Crippen MR) is 82.9 cm³/mol. The van der Waals surface area contributed by atoms with Crippen LogP contribution in [0.4, 0.5) is 0 Å². The molecule has 2 rings (SSSR count). The summed E-state index contributed by atoms with van der Waals surface area (Å²) in [5.41, 5.74) is 0.0795. The number of fused-ring (bicyclic) bond motifs is 1. The van der Waals surface area contributed by atoms with E-state index in [1.807, 2.05) is 0 Å². The fourth-order valence-corrected chi connectivity index (χ4v) is 3.11. The van der Waals surface area contributed by atoms with Crippen LogP contribution in [0.2, 0.25) is 0 Å². The molecular weight excluding hydrogens is 266 g/mol. The van der Waals surface area contributed by atoms with E-state index in [0.29, 0.717) is 12.5 Å². The largest absolute Gasteiger partial charge is 0.331 e. The fourth-order valence-electron chi connectivity index (χ4n) is 3.11. The monoisotopic (exact) mass is 295 g/mol. The van der Waals surface area contributed by atoms with E-state index in [-0.39, 0.29) is 29.9 Å². The number of rotatable bonds is 4. The van der Waals surface area contributed by atoms with E-state index in [1.54, 1.807) is 9.80 Å². The zero-order valence-electron chi connectivity index (χ0n) is 13.8. The normalized spacial score (nSPS) is 25.0. The second kappa shape index (κ2) is 6.34. The van der Waals surface area contributed by atoms with Crippen molar-refractivity contribution in [3.8, 4) is 0 Å². The van der Waals surface area contributed by atoms with Crippen molar-refractivity contribution in [3.63, 3.8) is 0 Å². The number of carbonyl (C=O) groups excluding carboxylic acids is 2. The summed E-state index contributed by atoms with van der Waals surface area (Å²) in [4.78, 5) is 28.3. The lowest BCUT2D eigenvalue weighted by molar-refractivity contribution is -0.158. The van der Waals surface area contributed by atoms with Crippen LogP contribution in [0.25, 0.3) is 0 Å². The summed E-state index contributed by atoms with van der Waals surface area (Å²) in [6.45, 7) is 11.1. The van der Waals surface area contributed by atoms with E-state index in [0.717, 1.165) is 32.4 Å². The first-order valence-corrected chi connectivity index (χ1v) is 8.11. The van der Waals surface area contributed by atoms with Crippen molar-refractivity contribution in [3.05, 3.63) is 0 Å². The molecule has 1 N–H and O–H groups in total. The molecule has 2 heterocycles. The van der Waals surface area contributed by atoms with Crippen LogP contribution in [0, 0.1) is 5.92 Å². The summed E-state index contributed by atoms with van der Waals surface area (Å²) < 4.78 is 0. The molecule has 120 valence electrons. The van der Waals surface area contributed by atoms with Gasteiger partial charge in [-0.2, -0.15) is 0 Å². The highest BCUT2D eigenvalue weighted by Crippen LogP contribution is 2.23. The zero-order chi connectivity index (χ0) is 15.6. The predicted octanol–water partition coefficient (Wildman–Crippen LogP) is 1.23. The summed E-state index contributed by atoms with van der Waals surface area (Å²) >= 11 is 0. The Balaban J connectivity index is 1.91. The molecule has 0 aliphatic carbocycles. The molecule has 0 radical (unpaired) electrons. The number of hydrogen-bond acceptors (Lipinski definition) is 3. The molecule has 0 aromatic carbocycles. The second-order valence-electron chi connectivity index (χ2n) is 7.55. The molecule has 0 aromatic rings. The Morgan fingerprint density at radius 2 is 2.00 bits per heavy atom. The van der Waals surface area contributed by atoms with Crippen LogP contribution in [0.1, 0.15) is 47.0 Å². The molecule has 0 spiro atoms. The molecule has 21 heavy (non-hydrogen) atoms. The van der Waals surface area contributed by atoms with Gasteiger partial charge in [0.2, 0.25) is 11.8 Å². The van der Waals surface area contributed by atoms with E-state index >= 15 is 0 Å². The minimum absolute atomic E-state index is 0.0795. The van der Waals surface area contributed by atoms with E-state index < -0.39 is 0 Å². The number of piperidine rings is 1. The quantitative estimate of drug-likeness (QED) is 0.849. The van der Waals surface area contributed by atoms with Crippen molar-refractivity contribution in [1.82, 2.24) is 15.1 Å². The van der Waals surface area contributed by atoms with Crippen molar-refractivity contribution >= 4 is 11.8 Å². The summed E-state index contributed by atoms with van der Waals surface area (Å²) in [5.74, 6) is 0.614. The Kier molecular flexibility index (Phi) is 4.91. The molecule has 2 fully saturated rings. The number of hydrogen-bond donors (Lipinski definition) is 1. The summed E-state index contributed by atoms with van der Waals surface area (Å²) in [6.07, 6.45) is 2.91. The lowest BCUT2D eigenvalue weighted by Crippen LogP contribution is -2.62. The molecule has 2 atom stereocenters. The maximum atomic E-state index is 12.6. The number of piperazine rings is 1. The van der Waals surface area contributed by atoms with Gasteiger partial charge in [-0.05, 0) is 52.5 Å². The fraction of sp³-hybridized carbons (Fsp3) is 0.875. The number of amides is 2.